The molecular weight excluding hydrogens is 999 g/mol. The smallest absolute Gasteiger partial charge is 0.420 e. The van der Waals surface area contributed by atoms with E-state index in [2.05, 4.69) is 15.3 Å². The number of β-amino-alcohol motifs (C(OH)–C–C–N with tert-alkyl or cyclic N) is 1. The Bertz CT molecular complexity index is 2950. The van der Waals surface area contributed by atoms with Crippen LogP contribution in [0.2, 0.25) is 0 Å². The number of unbranched alkanes of at least 4 members (excludes halogenated alkanes) is 1. The molecule has 384 valence electrons. The van der Waals surface area contributed by atoms with Crippen molar-refractivity contribution in [1.29, 1.82) is 5.26 Å². The summed E-state index contributed by atoms with van der Waals surface area (Å²) in [5.74, 6) is -5.05. The van der Waals surface area contributed by atoms with E-state index >= 15 is 13.2 Å². The minimum absolute atomic E-state index is 0.0343. The molecule has 3 amide bonds. The Morgan fingerprint density at radius 3 is 2.44 bits per heavy atom. The molecule has 0 bridgehead atoms. The summed E-state index contributed by atoms with van der Waals surface area (Å²) >= 11 is 7.01. The van der Waals surface area contributed by atoms with Crippen LogP contribution in [0.15, 0.2) is 72.4 Å². The number of alkyl halides is 3. The second kappa shape index (κ2) is 21.9. The maximum Gasteiger partial charge on any atom is 0.420 e. The van der Waals surface area contributed by atoms with Crippen molar-refractivity contribution in [3.05, 3.63) is 112 Å². The zero-order chi connectivity index (χ0) is 52.4. The summed E-state index contributed by atoms with van der Waals surface area (Å²) in [5.41, 5.74) is -0.916. The number of nitriles is 1. The van der Waals surface area contributed by atoms with Crippen LogP contribution in [0, 0.1) is 35.7 Å². The fraction of sp³-hybridized carbons (Fsp3) is 0.392. The van der Waals surface area contributed by atoms with Crippen molar-refractivity contribution in [2.45, 2.75) is 89.3 Å². The lowest BCUT2D eigenvalue weighted by Gasteiger charge is -2.31. The zero-order valence-corrected chi connectivity index (χ0v) is 41.5. The maximum atomic E-state index is 15.7. The number of hydrogen-bond acceptors (Lipinski definition) is 12. The lowest BCUT2D eigenvalue weighted by atomic mass is 10.0. The van der Waals surface area contributed by atoms with Crippen molar-refractivity contribution < 1.29 is 55.3 Å². The molecule has 3 saturated heterocycles. The molecule has 8 rings (SSSR count). The Hall–Kier alpha value is -6.51. The number of aliphatic hydroxyl groups excluding tert-OH is 1. The van der Waals surface area contributed by atoms with Gasteiger partial charge in [-0.25, -0.2) is 18.2 Å². The standard InChI is InChI=1S/C51H50F6N8O6S2/c1-29-46(73-28-61-29)31-10-8-30(9-11-31)23-60-47(68)40-21-36(66)26-62(40)25-34-7-6-16-63(34)42(67)27-70-17-4-5-18-71-41-15-13-32(19-37(41)52)45-38(53)20-35(24-59-45)65-49(72)64(48(69)50(65,2)3)39-14-12-33(22-58)43(44(39)54)51(55,56)57/h8-15,19-20,24,28,34,36,40,66H,4-7,16-18,21,23,25-27H2,1-3H3,(H,60,68)/t34-,36+,40-/m0/s1. The van der Waals surface area contributed by atoms with Crippen LogP contribution in [-0.2, 0) is 31.8 Å². The average molecular weight is 1050 g/mol. The highest BCUT2D eigenvalue weighted by molar-refractivity contribution is 7.81. The fourth-order valence-electron chi connectivity index (χ4n) is 9.45. The zero-order valence-electron chi connectivity index (χ0n) is 39.8. The van der Waals surface area contributed by atoms with E-state index in [0.717, 1.165) is 69.9 Å². The number of thiazole rings is 1. The van der Waals surface area contributed by atoms with Crippen molar-refractivity contribution in [2.75, 3.05) is 49.3 Å². The molecule has 0 radical (unpaired) electrons. The van der Waals surface area contributed by atoms with Gasteiger partial charge in [0, 0.05) is 50.5 Å². The van der Waals surface area contributed by atoms with Crippen LogP contribution in [0.3, 0.4) is 0 Å². The summed E-state index contributed by atoms with van der Waals surface area (Å²) in [6.07, 6.45) is -1.99. The van der Waals surface area contributed by atoms with Gasteiger partial charge in [0.25, 0.3) is 5.91 Å². The van der Waals surface area contributed by atoms with Crippen LogP contribution in [0.4, 0.5) is 37.7 Å². The third-order valence-corrected chi connectivity index (χ3v) is 14.5. The first-order valence-corrected chi connectivity index (χ1v) is 24.7. The molecule has 0 aliphatic carbocycles. The fourth-order valence-corrected chi connectivity index (χ4v) is 10.8. The van der Waals surface area contributed by atoms with Crippen LogP contribution in [0.25, 0.3) is 21.7 Å². The van der Waals surface area contributed by atoms with E-state index in [1.807, 2.05) is 41.6 Å². The third-order valence-electron chi connectivity index (χ3n) is 13.1. The van der Waals surface area contributed by atoms with Gasteiger partial charge in [0.05, 0.1) is 64.0 Å². The maximum absolute atomic E-state index is 15.7. The highest BCUT2D eigenvalue weighted by Crippen LogP contribution is 2.42. The second-order valence-corrected chi connectivity index (χ2v) is 19.7. The number of pyridine rings is 1. The molecule has 0 saturated carbocycles. The van der Waals surface area contributed by atoms with E-state index < -0.39 is 69.1 Å². The summed E-state index contributed by atoms with van der Waals surface area (Å²) in [5, 5.41) is 22.3. The minimum Gasteiger partial charge on any atom is -0.491 e. The van der Waals surface area contributed by atoms with Gasteiger partial charge in [-0.2, -0.15) is 18.4 Å². The highest BCUT2D eigenvalue weighted by atomic mass is 32.1. The minimum atomic E-state index is -5.27. The van der Waals surface area contributed by atoms with Crippen LogP contribution in [-0.4, -0.2) is 111 Å². The number of nitrogens with one attached hydrogen (secondary N) is 1. The largest absolute Gasteiger partial charge is 0.491 e. The van der Waals surface area contributed by atoms with Gasteiger partial charge >= 0.3 is 6.18 Å². The number of carbonyl (C=O) groups is 3. The van der Waals surface area contributed by atoms with Crippen molar-refractivity contribution in [2.24, 2.45) is 0 Å². The number of likely N-dealkylation sites (tertiary alicyclic amines) is 2. The number of aryl methyl sites for hydroxylation is 1. The summed E-state index contributed by atoms with van der Waals surface area (Å²) < 4.78 is 99.1. The molecule has 73 heavy (non-hydrogen) atoms. The van der Waals surface area contributed by atoms with E-state index in [-0.39, 0.29) is 60.4 Å². The number of benzene rings is 3. The molecule has 0 unspecified atom stereocenters. The molecule has 3 atom stereocenters. The monoisotopic (exact) mass is 1050 g/mol. The van der Waals surface area contributed by atoms with Crippen LogP contribution in [0.1, 0.15) is 68.3 Å². The van der Waals surface area contributed by atoms with Crippen molar-refractivity contribution >= 4 is 57.8 Å². The molecule has 5 aromatic rings. The summed E-state index contributed by atoms with van der Waals surface area (Å²) in [6.45, 7) is 6.54. The number of halogens is 6. The van der Waals surface area contributed by atoms with E-state index in [4.69, 9.17) is 27.0 Å². The number of carbonyl (C=O) groups excluding carboxylic acids is 3. The van der Waals surface area contributed by atoms with Crippen molar-refractivity contribution in [3.63, 3.8) is 0 Å². The number of aliphatic hydroxyl groups is 1. The van der Waals surface area contributed by atoms with Gasteiger partial charge in [0.1, 0.15) is 23.4 Å². The van der Waals surface area contributed by atoms with Gasteiger partial charge in [-0.05, 0) is 107 Å². The number of nitrogens with zero attached hydrogens (tertiary/aromatic N) is 7. The van der Waals surface area contributed by atoms with Crippen LogP contribution < -0.4 is 19.9 Å². The number of thiocarbonyl (C=S) groups is 1. The number of hydrogen-bond donors (Lipinski definition) is 2. The van der Waals surface area contributed by atoms with E-state index in [1.165, 1.54) is 32.0 Å². The van der Waals surface area contributed by atoms with Crippen LogP contribution in [0.5, 0.6) is 5.75 Å². The number of ether oxygens (including phenoxy) is 2. The summed E-state index contributed by atoms with van der Waals surface area (Å²) in [6, 6.07) is 14.8. The molecule has 22 heteroatoms. The van der Waals surface area contributed by atoms with Gasteiger partial charge in [-0.15, -0.1) is 11.3 Å². The Labute approximate surface area is 426 Å². The molecule has 3 fully saturated rings. The quantitative estimate of drug-likeness (QED) is 0.0521. The van der Waals surface area contributed by atoms with E-state index in [9.17, 15) is 32.7 Å². The number of aromatic nitrogens is 2. The Kier molecular flexibility index (Phi) is 15.8. The van der Waals surface area contributed by atoms with Gasteiger partial charge in [-0.1, -0.05) is 24.3 Å². The Morgan fingerprint density at radius 1 is 1.01 bits per heavy atom. The molecule has 3 aromatic carbocycles. The molecule has 14 nitrogen and oxygen atoms in total. The lowest BCUT2D eigenvalue weighted by Crippen LogP contribution is -2.49. The Balaban J connectivity index is 0.781. The summed E-state index contributed by atoms with van der Waals surface area (Å²) in [4.78, 5) is 55.2. The predicted molar refractivity (Wildman–Crippen MR) is 263 cm³/mol. The molecule has 3 aliphatic heterocycles. The highest BCUT2D eigenvalue weighted by Gasteiger charge is 2.52. The number of anilines is 2. The summed E-state index contributed by atoms with van der Waals surface area (Å²) in [7, 11) is 0. The van der Waals surface area contributed by atoms with Gasteiger partial charge < -0.3 is 29.7 Å². The SMILES string of the molecule is Cc1ncsc1-c1ccc(CNC(=O)[C@@H]2C[C@@H](O)CN2C[C@@H]2CCCN2C(=O)COCCCCOc2ccc(-c3ncc(N4C(=S)N(c5ccc(C#N)c(C(F)(F)F)c5F)C(=O)C4(C)C)cc3F)cc2F)cc1. The third kappa shape index (κ3) is 11.2. The first-order chi connectivity index (χ1) is 34.8. The molecule has 2 N–H and O–H groups in total. The number of rotatable bonds is 17. The molecule has 3 aliphatic rings. The molecule has 2 aromatic heterocycles. The van der Waals surface area contributed by atoms with E-state index in [0.29, 0.717) is 50.3 Å². The first kappa shape index (κ1) is 52.8. The predicted octanol–water partition coefficient (Wildman–Crippen LogP) is 8.32. The van der Waals surface area contributed by atoms with Gasteiger partial charge in [-0.3, -0.25) is 29.2 Å². The van der Waals surface area contributed by atoms with Crippen LogP contribution >= 0.6 is 23.6 Å². The van der Waals surface area contributed by atoms with E-state index in [1.54, 1.807) is 16.2 Å². The molecule has 0 spiro atoms. The normalized spacial score (nSPS) is 19.0. The average Bonchev–Trinajstić information content (AvgIpc) is 4.13. The second-order valence-electron chi connectivity index (χ2n) is 18.4. The Morgan fingerprint density at radius 2 is 1.75 bits per heavy atom. The van der Waals surface area contributed by atoms with Gasteiger partial charge in [0.15, 0.2) is 28.3 Å². The first-order valence-electron chi connectivity index (χ1n) is 23.4. The lowest BCUT2D eigenvalue weighted by molar-refractivity contribution is -0.140. The number of amides is 3. The van der Waals surface area contributed by atoms with Gasteiger partial charge in [0.2, 0.25) is 11.8 Å². The topological polar surface area (TPSA) is 164 Å². The molecule has 5 heterocycles. The van der Waals surface area contributed by atoms with Crippen molar-refractivity contribution in [3.8, 4) is 33.5 Å². The van der Waals surface area contributed by atoms with Crippen molar-refractivity contribution in [1.82, 2.24) is 25.1 Å². The molecular formula is C51H50F6N8O6S2.